The van der Waals surface area contributed by atoms with Gasteiger partial charge in [-0.3, -0.25) is 9.69 Å². The molecule has 0 bridgehead atoms. The number of nitrogen functional groups attached to an aromatic ring is 1. The third-order valence-electron chi connectivity index (χ3n) is 5.07. The van der Waals surface area contributed by atoms with E-state index in [9.17, 15) is 18.0 Å². The highest BCUT2D eigenvalue weighted by atomic mass is 19.4. The van der Waals surface area contributed by atoms with Crippen molar-refractivity contribution in [2.24, 2.45) is 0 Å². The lowest BCUT2D eigenvalue weighted by Crippen LogP contribution is -2.48. The third-order valence-corrected chi connectivity index (χ3v) is 5.07. The maximum atomic E-state index is 12.7. The largest absolute Gasteiger partial charge is 0.468 e. The predicted molar refractivity (Wildman–Crippen MR) is 111 cm³/mol. The van der Waals surface area contributed by atoms with Crippen LogP contribution in [0.3, 0.4) is 0 Å². The van der Waals surface area contributed by atoms with Crippen molar-refractivity contribution in [3.63, 3.8) is 0 Å². The second-order valence-corrected chi connectivity index (χ2v) is 7.40. The van der Waals surface area contributed by atoms with Crippen molar-refractivity contribution in [3.05, 3.63) is 54.0 Å². The summed E-state index contributed by atoms with van der Waals surface area (Å²) in [5.41, 5.74) is 7.13. The molecular weight excluding hydrogens is 425 g/mol. The molecule has 0 atom stereocenters. The van der Waals surface area contributed by atoms with Gasteiger partial charge in [0, 0.05) is 43.8 Å². The Balaban J connectivity index is 1.32. The van der Waals surface area contributed by atoms with Gasteiger partial charge in [0.15, 0.2) is 6.61 Å². The lowest BCUT2D eigenvalue weighted by atomic mass is 10.2. The molecule has 32 heavy (non-hydrogen) atoms. The normalized spacial score (nSPS) is 15.2. The maximum absolute atomic E-state index is 12.7. The number of hydrogen-bond acceptors (Lipinski definition) is 7. The van der Waals surface area contributed by atoms with E-state index in [1.54, 1.807) is 4.90 Å². The summed E-state index contributed by atoms with van der Waals surface area (Å²) in [6.45, 7) is 1.33. The molecule has 11 heteroatoms. The molecule has 0 radical (unpaired) electrons. The Hall–Kier alpha value is -3.47. The molecule has 1 fully saturated rings. The summed E-state index contributed by atoms with van der Waals surface area (Å²) in [4.78, 5) is 29.3. The van der Waals surface area contributed by atoms with Crippen molar-refractivity contribution >= 4 is 22.6 Å². The van der Waals surface area contributed by atoms with Crippen molar-refractivity contribution < 1.29 is 22.7 Å². The molecule has 2 N–H and O–H groups in total. The van der Waals surface area contributed by atoms with E-state index in [1.807, 2.05) is 24.3 Å². The van der Waals surface area contributed by atoms with E-state index < -0.39 is 12.8 Å². The molecule has 4 rings (SSSR count). The first kappa shape index (κ1) is 21.8. The molecule has 0 spiro atoms. The molecule has 0 saturated carbocycles. The average molecular weight is 446 g/mol. The third kappa shape index (κ3) is 5.22. The first-order valence-electron chi connectivity index (χ1n) is 9.97. The number of hydrogen-bond donors (Lipinski definition) is 1. The van der Waals surface area contributed by atoms with Crippen LogP contribution >= 0.6 is 0 Å². The molecule has 1 amide bonds. The van der Waals surface area contributed by atoms with E-state index >= 15 is 0 Å². The van der Waals surface area contributed by atoms with Crippen LogP contribution < -0.4 is 10.5 Å². The molecule has 3 heterocycles. The molecule has 3 aromatic rings. The minimum atomic E-state index is -4.44. The standard InChI is InChI=1S/C21H21F3N6O2/c22-21(23,24)13-32-18-6-5-14(11-26-18)20(31)30-9-7-29(8-10-30)12-17-27-16-4-2-1-3-15(16)19(25)28-17/h1-6,11H,7-10,12-13H2,(H2,25,27,28). The number of fused-ring (bicyclic) bond motifs is 1. The van der Waals surface area contributed by atoms with Crippen LogP contribution in [-0.2, 0) is 6.54 Å². The highest BCUT2D eigenvalue weighted by Crippen LogP contribution is 2.19. The molecule has 1 saturated heterocycles. The van der Waals surface area contributed by atoms with Crippen molar-refractivity contribution in [2.45, 2.75) is 12.7 Å². The minimum absolute atomic E-state index is 0.182. The van der Waals surface area contributed by atoms with Crippen LogP contribution in [0.4, 0.5) is 19.0 Å². The molecular formula is C21H21F3N6O2. The predicted octanol–water partition coefficient (Wildman–Crippen LogP) is 2.51. The topological polar surface area (TPSA) is 97.5 Å². The summed E-state index contributed by atoms with van der Waals surface area (Å²) < 4.78 is 41.2. The minimum Gasteiger partial charge on any atom is -0.468 e. The summed E-state index contributed by atoms with van der Waals surface area (Å²) in [6, 6.07) is 10.2. The van der Waals surface area contributed by atoms with Gasteiger partial charge in [0.05, 0.1) is 17.6 Å². The van der Waals surface area contributed by atoms with Gasteiger partial charge in [-0.1, -0.05) is 12.1 Å². The molecule has 2 aromatic heterocycles. The Morgan fingerprint density at radius 2 is 1.81 bits per heavy atom. The number of carbonyl (C=O) groups is 1. The number of aromatic nitrogens is 3. The number of piperazine rings is 1. The van der Waals surface area contributed by atoms with Crippen LogP contribution in [0.2, 0.25) is 0 Å². The molecule has 1 aliphatic rings. The fraction of sp³-hybridized carbons (Fsp3) is 0.333. The number of amides is 1. The molecule has 0 unspecified atom stereocenters. The fourth-order valence-electron chi connectivity index (χ4n) is 3.46. The first-order valence-corrected chi connectivity index (χ1v) is 9.97. The number of carbonyl (C=O) groups excluding carboxylic acids is 1. The number of alkyl halides is 3. The van der Waals surface area contributed by atoms with Crippen LogP contribution in [0.5, 0.6) is 5.88 Å². The number of pyridine rings is 1. The van der Waals surface area contributed by atoms with Gasteiger partial charge in [-0.15, -0.1) is 0 Å². The fourth-order valence-corrected chi connectivity index (χ4v) is 3.46. The zero-order valence-corrected chi connectivity index (χ0v) is 17.0. The van der Waals surface area contributed by atoms with Crippen molar-refractivity contribution in [3.8, 4) is 5.88 Å². The lowest BCUT2D eigenvalue weighted by Gasteiger charge is -2.34. The van der Waals surface area contributed by atoms with E-state index in [0.29, 0.717) is 49.9 Å². The second kappa shape index (κ2) is 8.95. The molecule has 168 valence electrons. The van der Waals surface area contributed by atoms with Crippen LogP contribution in [0.15, 0.2) is 42.6 Å². The summed E-state index contributed by atoms with van der Waals surface area (Å²) in [5.74, 6) is 0.651. The average Bonchev–Trinajstić information content (AvgIpc) is 2.78. The Kier molecular flexibility index (Phi) is 6.08. The van der Waals surface area contributed by atoms with Gasteiger partial charge >= 0.3 is 6.18 Å². The highest BCUT2D eigenvalue weighted by Gasteiger charge is 2.29. The smallest absolute Gasteiger partial charge is 0.422 e. The quantitative estimate of drug-likeness (QED) is 0.643. The zero-order valence-electron chi connectivity index (χ0n) is 17.0. The van der Waals surface area contributed by atoms with Gasteiger partial charge < -0.3 is 15.4 Å². The van der Waals surface area contributed by atoms with Gasteiger partial charge in [0.25, 0.3) is 5.91 Å². The molecule has 0 aliphatic carbocycles. The van der Waals surface area contributed by atoms with Crippen molar-refractivity contribution in [1.29, 1.82) is 0 Å². The van der Waals surface area contributed by atoms with Gasteiger partial charge in [-0.05, 0) is 18.2 Å². The van der Waals surface area contributed by atoms with Crippen molar-refractivity contribution in [2.75, 3.05) is 38.5 Å². The van der Waals surface area contributed by atoms with Crippen LogP contribution in [0.25, 0.3) is 10.9 Å². The molecule has 1 aliphatic heterocycles. The number of para-hydroxylation sites is 1. The van der Waals surface area contributed by atoms with E-state index in [-0.39, 0.29) is 11.8 Å². The Bertz CT molecular complexity index is 1100. The maximum Gasteiger partial charge on any atom is 0.422 e. The van der Waals surface area contributed by atoms with Gasteiger partial charge in [-0.2, -0.15) is 13.2 Å². The Morgan fingerprint density at radius 1 is 1.06 bits per heavy atom. The summed E-state index contributed by atoms with van der Waals surface area (Å²) in [6.07, 6.45) is -3.22. The zero-order chi connectivity index (χ0) is 22.7. The number of benzene rings is 1. The van der Waals surface area contributed by atoms with E-state index in [4.69, 9.17) is 5.73 Å². The van der Waals surface area contributed by atoms with Crippen LogP contribution in [0, 0.1) is 0 Å². The van der Waals surface area contributed by atoms with Gasteiger partial charge in [0.1, 0.15) is 11.6 Å². The number of nitrogens with zero attached hydrogens (tertiary/aromatic N) is 5. The van der Waals surface area contributed by atoms with Crippen LogP contribution in [0.1, 0.15) is 16.2 Å². The number of rotatable bonds is 5. The SMILES string of the molecule is Nc1nc(CN2CCN(C(=O)c3ccc(OCC(F)(F)F)nc3)CC2)nc2ccccc12. The molecule has 1 aromatic carbocycles. The van der Waals surface area contributed by atoms with E-state index in [1.165, 1.54) is 18.3 Å². The molecule has 8 nitrogen and oxygen atoms in total. The van der Waals surface area contributed by atoms with E-state index in [2.05, 4.69) is 24.6 Å². The Morgan fingerprint density at radius 3 is 2.50 bits per heavy atom. The monoisotopic (exact) mass is 446 g/mol. The number of halogens is 3. The van der Waals surface area contributed by atoms with Gasteiger partial charge in [-0.25, -0.2) is 15.0 Å². The number of ether oxygens (including phenoxy) is 1. The number of nitrogens with two attached hydrogens (primary N) is 1. The van der Waals surface area contributed by atoms with Gasteiger partial charge in [0.2, 0.25) is 5.88 Å². The van der Waals surface area contributed by atoms with Crippen molar-refractivity contribution in [1.82, 2.24) is 24.8 Å². The van der Waals surface area contributed by atoms with Crippen LogP contribution in [-0.4, -0.2) is 69.6 Å². The number of anilines is 1. The highest BCUT2D eigenvalue weighted by molar-refractivity contribution is 5.94. The second-order valence-electron chi connectivity index (χ2n) is 7.40. The summed E-state index contributed by atoms with van der Waals surface area (Å²) in [7, 11) is 0. The summed E-state index contributed by atoms with van der Waals surface area (Å²) >= 11 is 0. The lowest BCUT2D eigenvalue weighted by molar-refractivity contribution is -0.154. The first-order chi connectivity index (χ1) is 15.3. The Labute approximate surface area is 181 Å². The summed E-state index contributed by atoms with van der Waals surface area (Å²) in [5, 5.41) is 0.815. The van der Waals surface area contributed by atoms with E-state index in [0.717, 1.165) is 10.9 Å².